The van der Waals surface area contributed by atoms with Gasteiger partial charge in [-0.3, -0.25) is 9.59 Å². The Morgan fingerprint density at radius 1 is 1.55 bits per heavy atom. The summed E-state index contributed by atoms with van der Waals surface area (Å²) in [5.74, 6) is -0.580. The van der Waals surface area contributed by atoms with E-state index in [9.17, 15) is 9.59 Å². The number of rotatable bonds is 4. The van der Waals surface area contributed by atoms with E-state index in [1.165, 1.54) is 7.11 Å². The molecule has 64 valence electrons. The summed E-state index contributed by atoms with van der Waals surface area (Å²) in [5.41, 5.74) is 0. The van der Waals surface area contributed by atoms with Crippen LogP contribution in [0.25, 0.3) is 0 Å². The van der Waals surface area contributed by atoms with Crippen molar-refractivity contribution < 1.29 is 14.3 Å². The SMILES string of the molecule is CCC(=O)C(Cl)CC(=O)OC. The molecule has 0 heterocycles. The molecule has 0 aromatic rings. The van der Waals surface area contributed by atoms with Crippen molar-refractivity contribution in [1.29, 1.82) is 0 Å². The third-order valence-corrected chi connectivity index (χ3v) is 1.67. The summed E-state index contributed by atoms with van der Waals surface area (Å²) < 4.78 is 4.34. The second-order valence-electron chi connectivity index (χ2n) is 2.07. The maximum atomic E-state index is 10.8. The van der Waals surface area contributed by atoms with Gasteiger partial charge in [0.1, 0.15) is 5.38 Å². The fourth-order valence-electron chi connectivity index (χ4n) is 0.565. The Labute approximate surface area is 70.7 Å². The Kier molecular flexibility index (Phi) is 4.86. The average molecular weight is 179 g/mol. The molecular formula is C7H11ClO3. The van der Waals surface area contributed by atoms with Gasteiger partial charge in [0.25, 0.3) is 0 Å². The smallest absolute Gasteiger partial charge is 0.307 e. The van der Waals surface area contributed by atoms with Crippen molar-refractivity contribution >= 4 is 23.4 Å². The summed E-state index contributed by atoms with van der Waals surface area (Å²) in [6.45, 7) is 1.70. The molecule has 0 N–H and O–H groups in total. The van der Waals surface area contributed by atoms with Gasteiger partial charge in [-0.2, -0.15) is 0 Å². The monoisotopic (exact) mass is 178 g/mol. The maximum Gasteiger partial charge on any atom is 0.307 e. The molecule has 0 saturated carbocycles. The van der Waals surface area contributed by atoms with Gasteiger partial charge in [-0.05, 0) is 0 Å². The van der Waals surface area contributed by atoms with Crippen LogP contribution in [0.5, 0.6) is 0 Å². The van der Waals surface area contributed by atoms with Crippen LogP contribution in [0, 0.1) is 0 Å². The molecule has 1 unspecified atom stereocenters. The summed E-state index contributed by atoms with van der Waals surface area (Å²) >= 11 is 5.55. The minimum atomic E-state index is -0.729. The van der Waals surface area contributed by atoms with Gasteiger partial charge in [-0.1, -0.05) is 6.92 Å². The van der Waals surface area contributed by atoms with Crippen LogP contribution < -0.4 is 0 Å². The van der Waals surface area contributed by atoms with Gasteiger partial charge in [-0.25, -0.2) is 0 Å². The lowest BCUT2D eigenvalue weighted by Crippen LogP contribution is -2.18. The quantitative estimate of drug-likeness (QED) is 0.479. The lowest BCUT2D eigenvalue weighted by Gasteiger charge is -2.03. The topological polar surface area (TPSA) is 43.4 Å². The molecule has 0 aliphatic rings. The van der Waals surface area contributed by atoms with Crippen molar-refractivity contribution in [1.82, 2.24) is 0 Å². The van der Waals surface area contributed by atoms with Gasteiger partial charge in [-0.15, -0.1) is 11.6 Å². The molecule has 0 aromatic heterocycles. The third-order valence-electron chi connectivity index (χ3n) is 1.27. The first-order chi connectivity index (χ1) is 5.11. The molecule has 11 heavy (non-hydrogen) atoms. The van der Waals surface area contributed by atoms with Gasteiger partial charge in [0.15, 0.2) is 5.78 Å². The summed E-state index contributed by atoms with van der Waals surface area (Å²) in [5, 5.41) is -0.729. The van der Waals surface area contributed by atoms with Crippen LogP contribution in [0.1, 0.15) is 19.8 Å². The Bertz CT molecular complexity index is 156. The maximum absolute atomic E-state index is 10.8. The number of carbonyl (C=O) groups is 2. The normalized spacial score (nSPS) is 12.3. The third kappa shape index (κ3) is 3.98. The highest BCUT2D eigenvalue weighted by molar-refractivity contribution is 6.32. The van der Waals surface area contributed by atoms with E-state index in [0.29, 0.717) is 6.42 Å². The van der Waals surface area contributed by atoms with Crippen molar-refractivity contribution in [2.24, 2.45) is 0 Å². The first kappa shape index (κ1) is 10.4. The van der Waals surface area contributed by atoms with Crippen LogP contribution in [-0.4, -0.2) is 24.2 Å². The predicted octanol–water partition coefficient (Wildman–Crippen LogP) is 1.14. The zero-order valence-corrected chi connectivity index (χ0v) is 7.35. The van der Waals surface area contributed by atoms with Gasteiger partial charge >= 0.3 is 5.97 Å². The number of hydrogen-bond acceptors (Lipinski definition) is 3. The van der Waals surface area contributed by atoms with Gasteiger partial charge in [0.2, 0.25) is 0 Å². The Balaban J connectivity index is 3.77. The summed E-state index contributed by atoms with van der Waals surface area (Å²) in [7, 11) is 1.27. The number of ether oxygens (including phenoxy) is 1. The fraction of sp³-hybridized carbons (Fsp3) is 0.714. The number of hydrogen-bond donors (Lipinski definition) is 0. The van der Waals surface area contributed by atoms with Crippen molar-refractivity contribution in [2.45, 2.75) is 25.1 Å². The molecule has 3 nitrogen and oxygen atoms in total. The number of alkyl halides is 1. The molecule has 1 atom stereocenters. The molecule has 0 saturated heterocycles. The van der Waals surface area contributed by atoms with Crippen LogP contribution in [0.3, 0.4) is 0 Å². The zero-order valence-electron chi connectivity index (χ0n) is 6.59. The highest BCUT2D eigenvalue weighted by Gasteiger charge is 2.17. The van der Waals surface area contributed by atoms with Crippen molar-refractivity contribution in [3.05, 3.63) is 0 Å². The Morgan fingerprint density at radius 3 is 2.45 bits per heavy atom. The summed E-state index contributed by atoms with van der Waals surface area (Å²) in [4.78, 5) is 21.4. The second-order valence-corrected chi connectivity index (χ2v) is 2.59. The highest BCUT2D eigenvalue weighted by Crippen LogP contribution is 2.06. The molecular weight excluding hydrogens is 168 g/mol. The number of ketones is 1. The van der Waals surface area contributed by atoms with E-state index in [1.807, 2.05) is 0 Å². The lowest BCUT2D eigenvalue weighted by atomic mass is 10.2. The minimum Gasteiger partial charge on any atom is -0.469 e. The molecule has 0 aliphatic carbocycles. The van der Waals surface area contributed by atoms with Crippen molar-refractivity contribution in [3.63, 3.8) is 0 Å². The van der Waals surface area contributed by atoms with Crippen LogP contribution in [0.2, 0.25) is 0 Å². The first-order valence-corrected chi connectivity index (χ1v) is 3.79. The number of Topliss-reactive ketones (excluding diaryl/α,β-unsaturated/α-hetero) is 1. The molecule has 4 heteroatoms. The average Bonchev–Trinajstić information content (AvgIpc) is 2.02. The number of carbonyl (C=O) groups excluding carboxylic acids is 2. The van der Waals surface area contributed by atoms with E-state index < -0.39 is 11.3 Å². The van der Waals surface area contributed by atoms with Gasteiger partial charge in [0, 0.05) is 6.42 Å². The molecule has 0 aliphatic heterocycles. The molecule has 0 aromatic carbocycles. The van der Waals surface area contributed by atoms with E-state index >= 15 is 0 Å². The number of halogens is 1. The van der Waals surface area contributed by atoms with Crippen LogP contribution in [0.15, 0.2) is 0 Å². The molecule has 0 spiro atoms. The van der Waals surface area contributed by atoms with E-state index in [1.54, 1.807) is 6.92 Å². The number of methoxy groups -OCH3 is 1. The van der Waals surface area contributed by atoms with Crippen LogP contribution in [0.4, 0.5) is 0 Å². The van der Waals surface area contributed by atoms with E-state index in [-0.39, 0.29) is 12.2 Å². The van der Waals surface area contributed by atoms with Gasteiger partial charge in [0.05, 0.1) is 13.5 Å². The molecule has 0 rings (SSSR count). The largest absolute Gasteiger partial charge is 0.469 e. The van der Waals surface area contributed by atoms with Crippen LogP contribution in [-0.2, 0) is 14.3 Å². The summed E-state index contributed by atoms with van der Waals surface area (Å²) in [6.07, 6.45) is 0.315. The molecule has 0 amide bonds. The Hall–Kier alpha value is -0.570. The fourth-order valence-corrected chi connectivity index (χ4v) is 0.845. The minimum absolute atomic E-state index is 0.0370. The molecule has 0 bridgehead atoms. The standard InChI is InChI=1S/C7H11ClO3/c1-3-6(9)5(8)4-7(10)11-2/h5H,3-4H2,1-2H3. The number of esters is 1. The Morgan fingerprint density at radius 2 is 2.09 bits per heavy atom. The van der Waals surface area contributed by atoms with Crippen molar-refractivity contribution in [3.8, 4) is 0 Å². The lowest BCUT2D eigenvalue weighted by molar-refractivity contribution is -0.141. The molecule has 0 radical (unpaired) electrons. The predicted molar refractivity (Wildman–Crippen MR) is 41.6 cm³/mol. The first-order valence-electron chi connectivity index (χ1n) is 3.35. The van der Waals surface area contributed by atoms with E-state index in [4.69, 9.17) is 11.6 Å². The van der Waals surface area contributed by atoms with Crippen LogP contribution >= 0.6 is 11.6 Å². The summed E-state index contributed by atoms with van der Waals surface area (Å²) in [6, 6.07) is 0. The second kappa shape index (κ2) is 5.13. The zero-order chi connectivity index (χ0) is 8.85. The van der Waals surface area contributed by atoms with E-state index in [0.717, 1.165) is 0 Å². The molecule has 0 fully saturated rings. The van der Waals surface area contributed by atoms with Crippen molar-refractivity contribution in [2.75, 3.05) is 7.11 Å². The van der Waals surface area contributed by atoms with Gasteiger partial charge < -0.3 is 4.74 Å². The van der Waals surface area contributed by atoms with E-state index in [2.05, 4.69) is 4.74 Å². The highest BCUT2D eigenvalue weighted by atomic mass is 35.5.